The largest absolute Gasteiger partial charge is 0.481 e. The predicted molar refractivity (Wildman–Crippen MR) is 56.2 cm³/mol. The highest BCUT2D eigenvalue weighted by molar-refractivity contribution is 5.80. The van der Waals surface area contributed by atoms with Crippen LogP contribution in [-0.4, -0.2) is 11.1 Å². The van der Waals surface area contributed by atoms with E-state index in [1.54, 1.807) is 13.8 Å². The van der Waals surface area contributed by atoms with Gasteiger partial charge in [-0.25, -0.2) is 0 Å². The molecular weight excluding hydrogens is 176 g/mol. The molecular formula is C12H15O2. The molecule has 0 bridgehead atoms. The molecule has 1 aromatic rings. The van der Waals surface area contributed by atoms with Gasteiger partial charge in [-0.05, 0) is 38.3 Å². The van der Waals surface area contributed by atoms with Gasteiger partial charge in [-0.1, -0.05) is 24.3 Å². The third-order valence-electron chi connectivity index (χ3n) is 2.50. The second-order valence-corrected chi connectivity index (χ2v) is 3.88. The SMILES string of the molecule is [CH2]Cc1ccc(C(C)(C)C(=O)O)cc1. The van der Waals surface area contributed by atoms with Crippen LogP contribution in [-0.2, 0) is 16.6 Å². The Bertz CT molecular complexity index is 323. The molecule has 14 heavy (non-hydrogen) atoms. The minimum atomic E-state index is -0.820. The molecule has 0 amide bonds. The highest BCUT2D eigenvalue weighted by Gasteiger charge is 2.28. The highest BCUT2D eigenvalue weighted by atomic mass is 16.4. The van der Waals surface area contributed by atoms with Gasteiger partial charge in [0.2, 0.25) is 0 Å². The topological polar surface area (TPSA) is 37.3 Å². The Labute approximate surface area is 84.6 Å². The van der Waals surface area contributed by atoms with E-state index in [9.17, 15) is 4.79 Å². The molecule has 1 radical (unpaired) electrons. The molecule has 75 valence electrons. The lowest BCUT2D eigenvalue weighted by Gasteiger charge is -2.19. The van der Waals surface area contributed by atoms with Gasteiger partial charge in [0.05, 0.1) is 5.41 Å². The Morgan fingerprint density at radius 3 is 2.21 bits per heavy atom. The van der Waals surface area contributed by atoms with Gasteiger partial charge < -0.3 is 5.11 Å². The van der Waals surface area contributed by atoms with Gasteiger partial charge in [-0.15, -0.1) is 0 Å². The van der Waals surface area contributed by atoms with Crippen LogP contribution in [0.25, 0.3) is 0 Å². The van der Waals surface area contributed by atoms with Crippen LogP contribution in [0, 0.1) is 6.92 Å². The van der Waals surface area contributed by atoms with Gasteiger partial charge in [0.25, 0.3) is 0 Å². The van der Waals surface area contributed by atoms with Crippen molar-refractivity contribution in [2.75, 3.05) is 0 Å². The molecule has 0 saturated carbocycles. The molecule has 1 N–H and O–H groups in total. The van der Waals surface area contributed by atoms with E-state index >= 15 is 0 Å². The van der Waals surface area contributed by atoms with E-state index in [2.05, 4.69) is 6.92 Å². The zero-order valence-corrected chi connectivity index (χ0v) is 8.58. The fourth-order valence-corrected chi connectivity index (χ4v) is 1.21. The highest BCUT2D eigenvalue weighted by Crippen LogP contribution is 2.23. The van der Waals surface area contributed by atoms with Crippen molar-refractivity contribution in [2.24, 2.45) is 0 Å². The van der Waals surface area contributed by atoms with Gasteiger partial charge in [0, 0.05) is 0 Å². The molecule has 0 aliphatic rings. The number of hydrogen-bond acceptors (Lipinski definition) is 1. The van der Waals surface area contributed by atoms with Crippen LogP contribution in [0.3, 0.4) is 0 Å². The molecule has 0 aliphatic carbocycles. The van der Waals surface area contributed by atoms with E-state index in [0.29, 0.717) is 0 Å². The summed E-state index contributed by atoms with van der Waals surface area (Å²) in [6.07, 6.45) is 0.730. The van der Waals surface area contributed by atoms with Gasteiger partial charge in [0.15, 0.2) is 0 Å². The number of aliphatic carboxylic acids is 1. The maximum absolute atomic E-state index is 11.0. The Hall–Kier alpha value is -1.31. The first kappa shape index (κ1) is 10.8. The van der Waals surface area contributed by atoms with E-state index in [0.717, 1.165) is 17.5 Å². The third kappa shape index (κ3) is 1.95. The number of benzene rings is 1. The Morgan fingerprint density at radius 1 is 1.36 bits per heavy atom. The number of carboxylic acids is 1. The monoisotopic (exact) mass is 191 g/mol. The van der Waals surface area contributed by atoms with Crippen LogP contribution in [0.4, 0.5) is 0 Å². The van der Waals surface area contributed by atoms with Crippen molar-refractivity contribution in [3.8, 4) is 0 Å². The fraction of sp³-hybridized carbons (Fsp3) is 0.333. The number of carboxylic acid groups (broad SMARTS) is 1. The van der Waals surface area contributed by atoms with E-state index in [4.69, 9.17) is 5.11 Å². The standard InChI is InChI=1S/C12H15O2/c1-4-9-5-7-10(8-6-9)12(2,3)11(13)14/h5-8H,1,4H2,2-3H3,(H,13,14). The van der Waals surface area contributed by atoms with Gasteiger partial charge in [0.1, 0.15) is 0 Å². The van der Waals surface area contributed by atoms with Crippen molar-refractivity contribution in [1.29, 1.82) is 0 Å². The van der Waals surface area contributed by atoms with Crippen LogP contribution in [0.2, 0.25) is 0 Å². The normalized spacial score (nSPS) is 11.4. The van der Waals surface area contributed by atoms with Crippen molar-refractivity contribution < 1.29 is 9.90 Å². The molecule has 0 spiro atoms. The summed E-state index contributed by atoms with van der Waals surface area (Å²) in [5.41, 5.74) is 1.12. The van der Waals surface area contributed by atoms with Gasteiger partial charge in [-0.3, -0.25) is 4.79 Å². The molecule has 0 saturated heterocycles. The summed E-state index contributed by atoms with van der Waals surface area (Å²) in [5.74, 6) is -0.806. The summed E-state index contributed by atoms with van der Waals surface area (Å²) < 4.78 is 0. The van der Waals surface area contributed by atoms with Crippen LogP contribution < -0.4 is 0 Å². The lowest BCUT2D eigenvalue weighted by atomic mass is 9.84. The molecule has 0 aliphatic heterocycles. The molecule has 1 rings (SSSR count). The molecule has 0 heterocycles. The summed E-state index contributed by atoms with van der Waals surface area (Å²) in [4.78, 5) is 11.0. The maximum atomic E-state index is 11.0. The van der Waals surface area contributed by atoms with Gasteiger partial charge in [-0.2, -0.15) is 0 Å². The first-order valence-corrected chi connectivity index (χ1v) is 4.60. The second kappa shape index (κ2) is 3.82. The minimum Gasteiger partial charge on any atom is -0.481 e. The van der Waals surface area contributed by atoms with E-state index < -0.39 is 11.4 Å². The lowest BCUT2D eigenvalue weighted by Crippen LogP contribution is -2.28. The van der Waals surface area contributed by atoms with E-state index in [1.165, 1.54) is 0 Å². The predicted octanol–water partition coefficient (Wildman–Crippen LogP) is 2.43. The average Bonchev–Trinajstić information content (AvgIpc) is 2.17. The summed E-state index contributed by atoms with van der Waals surface area (Å²) in [7, 11) is 0. The zero-order chi connectivity index (χ0) is 10.8. The Morgan fingerprint density at radius 2 is 1.86 bits per heavy atom. The van der Waals surface area contributed by atoms with Crippen LogP contribution in [0.1, 0.15) is 25.0 Å². The van der Waals surface area contributed by atoms with Crippen molar-refractivity contribution >= 4 is 5.97 Å². The van der Waals surface area contributed by atoms with Gasteiger partial charge >= 0.3 is 5.97 Å². The quantitative estimate of drug-likeness (QED) is 0.796. The molecule has 2 heteroatoms. The smallest absolute Gasteiger partial charge is 0.313 e. The maximum Gasteiger partial charge on any atom is 0.313 e. The summed E-state index contributed by atoms with van der Waals surface area (Å²) in [6.45, 7) is 7.17. The van der Waals surface area contributed by atoms with E-state index in [1.807, 2.05) is 24.3 Å². The molecule has 0 atom stereocenters. The van der Waals surface area contributed by atoms with E-state index in [-0.39, 0.29) is 0 Å². The van der Waals surface area contributed by atoms with Crippen LogP contribution in [0.5, 0.6) is 0 Å². The number of hydrogen-bond donors (Lipinski definition) is 1. The second-order valence-electron chi connectivity index (χ2n) is 3.88. The van der Waals surface area contributed by atoms with Crippen LogP contribution in [0.15, 0.2) is 24.3 Å². The zero-order valence-electron chi connectivity index (χ0n) is 8.58. The lowest BCUT2D eigenvalue weighted by molar-refractivity contribution is -0.142. The fourth-order valence-electron chi connectivity index (χ4n) is 1.21. The van der Waals surface area contributed by atoms with Crippen molar-refractivity contribution in [3.63, 3.8) is 0 Å². The molecule has 0 fully saturated rings. The Kier molecular flexibility index (Phi) is 2.94. The summed E-state index contributed by atoms with van der Waals surface area (Å²) >= 11 is 0. The molecule has 0 aromatic heterocycles. The van der Waals surface area contributed by atoms with Crippen LogP contribution >= 0.6 is 0 Å². The first-order chi connectivity index (χ1) is 6.48. The van der Waals surface area contributed by atoms with Crippen molar-refractivity contribution in [2.45, 2.75) is 25.7 Å². The molecule has 0 unspecified atom stereocenters. The van der Waals surface area contributed by atoms with Crippen molar-refractivity contribution in [3.05, 3.63) is 42.3 Å². The first-order valence-electron chi connectivity index (χ1n) is 4.60. The summed E-state index contributed by atoms with van der Waals surface area (Å²) in [5, 5.41) is 9.01. The molecule has 2 nitrogen and oxygen atoms in total. The summed E-state index contributed by atoms with van der Waals surface area (Å²) in [6, 6.07) is 7.56. The third-order valence-corrected chi connectivity index (χ3v) is 2.50. The number of carbonyl (C=O) groups is 1. The average molecular weight is 191 g/mol. The van der Waals surface area contributed by atoms with Crippen molar-refractivity contribution in [1.82, 2.24) is 0 Å². The molecule has 1 aromatic carbocycles. The minimum absolute atomic E-state index is 0.730. The number of rotatable bonds is 3. The Balaban J connectivity index is 3.02.